The Morgan fingerprint density at radius 3 is 2.14 bits per heavy atom. The van der Waals surface area contributed by atoms with Crippen LogP contribution in [-0.2, 0) is 0 Å². The molecular weight excluding hydrogens is 268 g/mol. The van der Waals surface area contributed by atoms with Gasteiger partial charge in [0.1, 0.15) is 11.6 Å². The van der Waals surface area contributed by atoms with E-state index >= 15 is 0 Å². The zero-order valence-corrected chi connectivity index (χ0v) is 13.4. The molecule has 1 rings (SSSR count). The van der Waals surface area contributed by atoms with Gasteiger partial charge in [-0.05, 0) is 31.5 Å². The maximum absolute atomic E-state index is 13.9. The van der Waals surface area contributed by atoms with Crippen LogP contribution in [-0.4, -0.2) is 6.54 Å². The Morgan fingerprint density at radius 1 is 0.905 bits per heavy atom. The minimum atomic E-state index is -0.436. The first-order valence-corrected chi connectivity index (χ1v) is 8.38. The van der Waals surface area contributed by atoms with Gasteiger partial charge in [-0.2, -0.15) is 0 Å². The van der Waals surface area contributed by atoms with Gasteiger partial charge in [-0.3, -0.25) is 0 Å². The molecule has 0 saturated heterocycles. The Labute approximate surface area is 128 Å². The molecule has 1 aromatic carbocycles. The smallest absolute Gasteiger partial charge is 0.130 e. The maximum Gasteiger partial charge on any atom is 0.130 e. The highest BCUT2D eigenvalue weighted by Crippen LogP contribution is 2.25. The molecule has 0 spiro atoms. The van der Waals surface area contributed by atoms with Gasteiger partial charge in [0, 0.05) is 11.6 Å². The summed E-state index contributed by atoms with van der Waals surface area (Å²) in [6.07, 6.45) is 8.90. The van der Waals surface area contributed by atoms with Crippen molar-refractivity contribution in [2.75, 3.05) is 6.54 Å². The summed E-state index contributed by atoms with van der Waals surface area (Å²) >= 11 is 0. The minimum absolute atomic E-state index is 0.208. The molecule has 0 bridgehead atoms. The fraction of sp³-hybridized carbons (Fsp3) is 0.667. The van der Waals surface area contributed by atoms with E-state index in [0.717, 1.165) is 32.2 Å². The molecule has 1 nitrogen and oxygen atoms in total. The molecule has 21 heavy (non-hydrogen) atoms. The highest BCUT2D eigenvalue weighted by Gasteiger charge is 2.18. The van der Waals surface area contributed by atoms with Crippen LogP contribution in [0.2, 0.25) is 0 Å². The van der Waals surface area contributed by atoms with Gasteiger partial charge in [0.2, 0.25) is 0 Å². The Kier molecular flexibility index (Phi) is 9.24. The second-order valence-electron chi connectivity index (χ2n) is 5.70. The van der Waals surface area contributed by atoms with Gasteiger partial charge in [-0.15, -0.1) is 0 Å². The third-order valence-electron chi connectivity index (χ3n) is 3.84. The van der Waals surface area contributed by atoms with Gasteiger partial charge in [0.25, 0.3) is 0 Å². The number of benzene rings is 1. The van der Waals surface area contributed by atoms with Crippen LogP contribution in [0.3, 0.4) is 0 Å². The van der Waals surface area contributed by atoms with Crippen LogP contribution in [0.1, 0.15) is 76.8 Å². The van der Waals surface area contributed by atoms with E-state index in [2.05, 4.69) is 19.2 Å². The van der Waals surface area contributed by atoms with Crippen molar-refractivity contribution in [1.82, 2.24) is 5.32 Å². The topological polar surface area (TPSA) is 12.0 Å². The molecule has 3 heteroatoms. The van der Waals surface area contributed by atoms with Gasteiger partial charge in [-0.25, -0.2) is 8.78 Å². The van der Waals surface area contributed by atoms with Crippen LogP contribution >= 0.6 is 0 Å². The standard InChI is InChI=1S/C18H29F2N/c1-3-5-6-7-8-9-13-17(21-14-4-2)18-15(19)11-10-12-16(18)20/h10-12,17,21H,3-9,13-14H2,1-2H3. The number of halogens is 2. The van der Waals surface area contributed by atoms with Gasteiger partial charge in [0.05, 0.1) is 0 Å². The monoisotopic (exact) mass is 297 g/mol. The summed E-state index contributed by atoms with van der Waals surface area (Å²) < 4.78 is 27.8. The molecule has 0 aliphatic rings. The third-order valence-corrected chi connectivity index (χ3v) is 3.84. The molecule has 0 amide bonds. The highest BCUT2D eigenvalue weighted by molar-refractivity contribution is 5.23. The Balaban J connectivity index is 2.55. The fourth-order valence-electron chi connectivity index (χ4n) is 2.64. The van der Waals surface area contributed by atoms with E-state index in [1.165, 1.54) is 43.9 Å². The van der Waals surface area contributed by atoms with Gasteiger partial charge >= 0.3 is 0 Å². The van der Waals surface area contributed by atoms with E-state index < -0.39 is 11.6 Å². The average molecular weight is 297 g/mol. The lowest BCUT2D eigenvalue weighted by molar-refractivity contribution is 0.428. The molecule has 0 aliphatic heterocycles. The van der Waals surface area contributed by atoms with Crippen molar-refractivity contribution in [3.63, 3.8) is 0 Å². The van der Waals surface area contributed by atoms with E-state index in [0.29, 0.717) is 0 Å². The normalized spacial score (nSPS) is 12.6. The molecule has 120 valence electrons. The molecule has 0 aromatic heterocycles. The SMILES string of the molecule is CCCCCCCCC(NCCC)c1c(F)cccc1F. The average Bonchev–Trinajstić information content (AvgIpc) is 2.47. The van der Waals surface area contributed by atoms with Gasteiger partial charge < -0.3 is 5.32 Å². The molecule has 0 radical (unpaired) electrons. The molecule has 0 heterocycles. The number of hydrogen-bond acceptors (Lipinski definition) is 1. The van der Waals surface area contributed by atoms with E-state index in [1.54, 1.807) is 0 Å². The summed E-state index contributed by atoms with van der Waals surface area (Å²) in [6, 6.07) is 3.91. The molecule has 1 N–H and O–H groups in total. The van der Waals surface area contributed by atoms with Crippen LogP contribution in [0.4, 0.5) is 8.78 Å². The molecule has 0 saturated carbocycles. The van der Waals surface area contributed by atoms with E-state index in [-0.39, 0.29) is 11.6 Å². The van der Waals surface area contributed by atoms with Crippen LogP contribution in [0.15, 0.2) is 18.2 Å². The quantitative estimate of drug-likeness (QED) is 0.512. The zero-order valence-electron chi connectivity index (χ0n) is 13.4. The lowest BCUT2D eigenvalue weighted by Gasteiger charge is -2.20. The fourth-order valence-corrected chi connectivity index (χ4v) is 2.64. The van der Waals surface area contributed by atoms with Crippen molar-refractivity contribution in [3.8, 4) is 0 Å². The van der Waals surface area contributed by atoms with Gasteiger partial charge in [-0.1, -0.05) is 58.4 Å². The first-order chi connectivity index (χ1) is 10.2. The van der Waals surface area contributed by atoms with E-state index in [1.807, 2.05) is 0 Å². The highest BCUT2D eigenvalue weighted by atomic mass is 19.1. The molecule has 0 fully saturated rings. The summed E-state index contributed by atoms with van der Waals surface area (Å²) in [7, 11) is 0. The predicted octanol–water partition coefficient (Wildman–Crippen LogP) is 5.76. The zero-order chi connectivity index (χ0) is 15.5. The number of rotatable bonds is 11. The van der Waals surface area contributed by atoms with Crippen molar-refractivity contribution >= 4 is 0 Å². The second-order valence-corrected chi connectivity index (χ2v) is 5.70. The summed E-state index contributed by atoms with van der Waals surface area (Å²) in [5.74, 6) is -0.871. The summed E-state index contributed by atoms with van der Waals surface area (Å²) in [5.41, 5.74) is 0.208. The molecular formula is C18H29F2N. The summed E-state index contributed by atoms with van der Waals surface area (Å²) in [6.45, 7) is 5.05. The molecule has 1 aromatic rings. The first-order valence-electron chi connectivity index (χ1n) is 8.38. The largest absolute Gasteiger partial charge is 0.310 e. The first kappa shape index (κ1) is 18.1. The minimum Gasteiger partial charge on any atom is -0.310 e. The van der Waals surface area contributed by atoms with E-state index in [4.69, 9.17) is 0 Å². The predicted molar refractivity (Wildman–Crippen MR) is 85.4 cm³/mol. The summed E-state index contributed by atoms with van der Waals surface area (Å²) in [5, 5.41) is 3.29. The molecule has 0 aliphatic carbocycles. The number of hydrogen-bond donors (Lipinski definition) is 1. The molecule has 1 atom stereocenters. The Morgan fingerprint density at radius 2 is 1.52 bits per heavy atom. The van der Waals surface area contributed by atoms with Crippen LogP contribution in [0.5, 0.6) is 0 Å². The van der Waals surface area contributed by atoms with Crippen molar-refractivity contribution in [2.24, 2.45) is 0 Å². The van der Waals surface area contributed by atoms with Crippen molar-refractivity contribution in [1.29, 1.82) is 0 Å². The number of nitrogens with one attached hydrogen (secondary N) is 1. The van der Waals surface area contributed by atoms with Crippen molar-refractivity contribution in [3.05, 3.63) is 35.4 Å². The van der Waals surface area contributed by atoms with Crippen LogP contribution < -0.4 is 5.32 Å². The summed E-state index contributed by atoms with van der Waals surface area (Å²) in [4.78, 5) is 0. The second kappa shape index (κ2) is 10.7. The third kappa shape index (κ3) is 6.56. The number of unbranched alkanes of at least 4 members (excludes halogenated alkanes) is 5. The van der Waals surface area contributed by atoms with Crippen LogP contribution in [0.25, 0.3) is 0 Å². The van der Waals surface area contributed by atoms with Crippen LogP contribution in [0, 0.1) is 11.6 Å². The lowest BCUT2D eigenvalue weighted by atomic mass is 9.98. The molecule has 1 unspecified atom stereocenters. The Bertz CT molecular complexity index is 373. The Hall–Kier alpha value is -0.960. The maximum atomic E-state index is 13.9. The van der Waals surface area contributed by atoms with Crippen molar-refractivity contribution in [2.45, 2.75) is 71.3 Å². The van der Waals surface area contributed by atoms with Crippen molar-refractivity contribution < 1.29 is 8.78 Å². The van der Waals surface area contributed by atoms with Gasteiger partial charge in [0.15, 0.2) is 0 Å². The lowest BCUT2D eigenvalue weighted by Crippen LogP contribution is -2.24. The van der Waals surface area contributed by atoms with E-state index in [9.17, 15) is 8.78 Å².